The molecule has 2 rings (SSSR count). The molecule has 0 aliphatic heterocycles. The van der Waals surface area contributed by atoms with E-state index in [-0.39, 0.29) is 12.2 Å². The predicted octanol–water partition coefficient (Wildman–Crippen LogP) is 2.24. The Labute approximate surface area is 127 Å². The van der Waals surface area contributed by atoms with Crippen molar-refractivity contribution < 1.29 is 23.1 Å². The van der Waals surface area contributed by atoms with Crippen molar-refractivity contribution in [3.05, 3.63) is 59.3 Å². The van der Waals surface area contributed by atoms with E-state index in [1.54, 1.807) is 19.1 Å². The Morgan fingerprint density at radius 2 is 1.95 bits per heavy atom. The molecule has 1 amide bonds. The van der Waals surface area contributed by atoms with Gasteiger partial charge in [0.2, 0.25) is 0 Å². The average Bonchev–Trinajstić information content (AvgIpc) is 2.94. The van der Waals surface area contributed by atoms with E-state index in [1.807, 2.05) is 0 Å². The average molecular weight is 305 g/mol. The second kappa shape index (κ2) is 6.89. The molecule has 1 unspecified atom stereocenters. The second-order valence-corrected chi connectivity index (χ2v) is 4.77. The summed E-state index contributed by atoms with van der Waals surface area (Å²) in [7, 11) is 1.25. The zero-order valence-corrected chi connectivity index (χ0v) is 12.3. The van der Waals surface area contributed by atoms with Gasteiger partial charge < -0.3 is 14.5 Å². The highest BCUT2D eigenvalue weighted by atomic mass is 19.1. The number of carbonyl (C=O) groups is 2. The van der Waals surface area contributed by atoms with Crippen molar-refractivity contribution in [1.29, 1.82) is 0 Å². The number of hydrogen-bond donors (Lipinski definition) is 1. The van der Waals surface area contributed by atoms with E-state index in [0.717, 1.165) is 0 Å². The van der Waals surface area contributed by atoms with Crippen molar-refractivity contribution in [1.82, 2.24) is 5.32 Å². The van der Waals surface area contributed by atoms with Gasteiger partial charge >= 0.3 is 5.97 Å². The Morgan fingerprint density at radius 1 is 1.27 bits per heavy atom. The standard InChI is InChI=1S/C16H16FNO4/c1-10-13(7-8-22-10)15(19)18-14(16(20)21-2)9-11-3-5-12(17)6-4-11/h3-8,14H,9H2,1-2H3,(H,18,19). The van der Waals surface area contributed by atoms with Crippen LogP contribution in [0.2, 0.25) is 0 Å². The third kappa shape index (κ3) is 3.72. The number of methoxy groups -OCH3 is 1. The summed E-state index contributed by atoms with van der Waals surface area (Å²) in [6.07, 6.45) is 1.60. The second-order valence-electron chi connectivity index (χ2n) is 4.77. The molecule has 0 aliphatic carbocycles. The molecule has 116 valence electrons. The molecule has 1 aromatic heterocycles. The van der Waals surface area contributed by atoms with Crippen LogP contribution >= 0.6 is 0 Å². The first-order chi connectivity index (χ1) is 10.5. The van der Waals surface area contributed by atoms with Gasteiger partial charge in [-0.3, -0.25) is 4.79 Å². The molecular formula is C16H16FNO4. The minimum absolute atomic E-state index is 0.204. The SMILES string of the molecule is COC(=O)C(Cc1ccc(F)cc1)NC(=O)c1ccoc1C. The van der Waals surface area contributed by atoms with Crippen molar-refractivity contribution in [3.63, 3.8) is 0 Å². The topological polar surface area (TPSA) is 68.5 Å². The maximum absolute atomic E-state index is 12.9. The minimum Gasteiger partial charge on any atom is -0.469 e. The zero-order valence-electron chi connectivity index (χ0n) is 12.3. The van der Waals surface area contributed by atoms with Gasteiger partial charge in [-0.05, 0) is 30.7 Å². The number of furan rings is 1. The lowest BCUT2D eigenvalue weighted by Crippen LogP contribution is -2.43. The first kappa shape index (κ1) is 15.8. The number of halogens is 1. The Hall–Kier alpha value is -2.63. The number of aryl methyl sites for hydroxylation is 1. The van der Waals surface area contributed by atoms with Gasteiger partial charge in [0.05, 0.1) is 18.9 Å². The monoisotopic (exact) mass is 305 g/mol. The van der Waals surface area contributed by atoms with Crippen LogP contribution in [0.15, 0.2) is 41.0 Å². The summed E-state index contributed by atoms with van der Waals surface area (Å²) >= 11 is 0. The van der Waals surface area contributed by atoms with Crippen LogP contribution in [0.3, 0.4) is 0 Å². The Kier molecular flexibility index (Phi) is 4.93. The number of carbonyl (C=O) groups excluding carboxylic acids is 2. The lowest BCUT2D eigenvalue weighted by Gasteiger charge is -2.16. The Morgan fingerprint density at radius 3 is 2.50 bits per heavy atom. The van der Waals surface area contributed by atoms with Crippen molar-refractivity contribution in [2.45, 2.75) is 19.4 Å². The van der Waals surface area contributed by atoms with E-state index in [1.165, 1.54) is 31.6 Å². The van der Waals surface area contributed by atoms with Gasteiger partial charge in [0.15, 0.2) is 0 Å². The van der Waals surface area contributed by atoms with Gasteiger partial charge in [-0.25, -0.2) is 9.18 Å². The highest BCUT2D eigenvalue weighted by Gasteiger charge is 2.24. The van der Waals surface area contributed by atoms with Gasteiger partial charge in [0.25, 0.3) is 5.91 Å². The van der Waals surface area contributed by atoms with Crippen molar-refractivity contribution >= 4 is 11.9 Å². The molecule has 1 atom stereocenters. The van der Waals surface area contributed by atoms with Crippen molar-refractivity contribution in [2.24, 2.45) is 0 Å². The van der Waals surface area contributed by atoms with Gasteiger partial charge in [0, 0.05) is 6.42 Å². The molecule has 0 bridgehead atoms. The molecule has 0 aliphatic rings. The molecule has 0 fully saturated rings. The van der Waals surface area contributed by atoms with Crippen LogP contribution in [-0.2, 0) is 16.0 Å². The molecule has 1 N–H and O–H groups in total. The quantitative estimate of drug-likeness (QED) is 0.860. The first-order valence-corrected chi connectivity index (χ1v) is 6.68. The number of ether oxygens (including phenoxy) is 1. The predicted molar refractivity (Wildman–Crippen MR) is 76.8 cm³/mol. The van der Waals surface area contributed by atoms with Crippen LogP contribution in [0.1, 0.15) is 21.7 Å². The molecule has 0 saturated carbocycles. The normalized spacial score (nSPS) is 11.8. The maximum atomic E-state index is 12.9. The molecule has 0 radical (unpaired) electrons. The van der Waals surface area contributed by atoms with Crippen LogP contribution in [0.25, 0.3) is 0 Å². The third-order valence-electron chi connectivity index (χ3n) is 3.25. The summed E-state index contributed by atoms with van der Waals surface area (Å²) in [6, 6.07) is 6.37. The summed E-state index contributed by atoms with van der Waals surface area (Å²) in [5.74, 6) is -0.901. The Balaban J connectivity index is 2.13. The number of hydrogen-bond acceptors (Lipinski definition) is 4. The molecule has 1 heterocycles. The van der Waals surface area contributed by atoms with Gasteiger partial charge in [-0.2, -0.15) is 0 Å². The summed E-state index contributed by atoms with van der Waals surface area (Å²) < 4.78 is 22.7. The highest BCUT2D eigenvalue weighted by Crippen LogP contribution is 2.11. The van der Waals surface area contributed by atoms with Crippen LogP contribution in [0, 0.1) is 12.7 Å². The van der Waals surface area contributed by atoms with Crippen molar-refractivity contribution in [3.8, 4) is 0 Å². The highest BCUT2D eigenvalue weighted by molar-refractivity contribution is 5.97. The van der Waals surface area contributed by atoms with Gasteiger partial charge in [0.1, 0.15) is 17.6 Å². The number of rotatable bonds is 5. The maximum Gasteiger partial charge on any atom is 0.328 e. The first-order valence-electron chi connectivity index (χ1n) is 6.68. The summed E-state index contributed by atoms with van der Waals surface area (Å²) in [4.78, 5) is 24.0. The zero-order chi connectivity index (χ0) is 16.1. The summed E-state index contributed by atoms with van der Waals surface area (Å²) in [6.45, 7) is 1.65. The van der Waals surface area contributed by atoms with E-state index in [4.69, 9.17) is 9.15 Å². The largest absolute Gasteiger partial charge is 0.469 e. The van der Waals surface area contributed by atoms with Crippen LogP contribution in [-0.4, -0.2) is 25.0 Å². The van der Waals surface area contributed by atoms with E-state index in [2.05, 4.69) is 5.32 Å². The van der Waals surface area contributed by atoms with E-state index < -0.39 is 17.9 Å². The van der Waals surface area contributed by atoms with E-state index in [0.29, 0.717) is 16.9 Å². The van der Waals surface area contributed by atoms with Crippen LogP contribution in [0.4, 0.5) is 4.39 Å². The molecule has 5 nitrogen and oxygen atoms in total. The summed E-state index contributed by atoms with van der Waals surface area (Å²) in [5, 5.41) is 2.61. The third-order valence-corrected chi connectivity index (χ3v) is 3.25. The molecular weight excluding hydrogens is 289 g/mol. The summed E-state index contributed by atoms with van der Waals surface area (Å²) in [5.41, 5.74) is 1.06. The molecule has 1 aromatic carbocycles. The fraction of sp³-hybridized carbons (Fsp3) is 0.250. The molecule has 6 heteroatoms. The molecule has 2 aromatic rings. The van der Waals surface area contributed by atoms with E-state index in [9.17, 15) is 14.0 Å². The van der Waals surface area contributed by atoms with E-state index >= 15 is 0 Å². The fourth-order valence-electron chi connectivity index (χ4n) is 2.05. The lowest BCUT2D eigenvalue weighted by atomic mass is 10.1. The molecule has 0 saturated heterocycles. The van der Waals surface area contributed by atoms with Gasteiger partial charge in [-0.1, -0.05) is 12.1 Å². The molecule has 22 heavy (non-hydrogen) atoms. The lowest BCUT2D eigenvalue weighted by molar-refractivity contribution is -0.142. The van der Waals surface area contributed by atoms with Crippen LogP contribution < -0.4 is 5.32 Å². The number of amides is 1. The smallest absolute Gasteiger partial charge is 0.328 e. The number of benzene rings is 1. The van der Waals surface area contributed by atoms with Crippen molar-refractivity contribution in [2.75, 3.05) is 7.11 Å². The number of nitrogens with one attached hydrogen (secondary N) is 1. The minimum atomic E-state index is -0.864. The Bertz CT molecular complexity index is 663. The van der Waals surface area contributed by atoms with Gasteiger partial charge in [-0.15, -0.1) is 0 Å². The number of esters is 1. The van der Waals surface area contributed by atoms with Crippen LogP contribution in [0.5, 0.6) is 0 Å². The fourth-order valence-corrected chi connectivity index (χ4v) is 2.05. The molecule has 0 spiro atoms.